The highest BCUT2D eigenvalue weighted by Gasteiger charge is 2.29. The van der Waals surface area contributed by atoms with Crippen LogP contribution in [0.15, 0.2) is 66.7 Å². The Morgan fingerprint density at radius 2 is 1.81 bits per heavy atom. The molecule has 0 aromatic heterocycles. The monoisotopic (exact) mass is 431 g/mol. The van der Waals surface area contributed by atoms with Crippen LogP contribution in [0.1, 0.15) is 28.7 Å². The lowest BCUT2D eigenvalue weighted by atomic mass is 9.97. The topological polar surface area (TPSA) is 104 Å². The summed E-state index contributed by atoms with van der Waals surface area (Å²) in [5, 5.41) is 15.1. The normalized spacial score (nSPS) is 14.0. The first-order valence-corrected chi connectivity index (χ1v) is 10.2. The first kappa shape index (κ1) is 21.3. The maximum atomic E-state index is 13.7. The molecule has 162 valence electrons. The third kappa shape index (κ3) is 4.53. The predicted molar refractivity (Wildman–Crippen MR) is 122 cm³/mol. The van der Waals surface area contributed by atoms with Crippen LogP contribution in [0.3, 0.4) is 0 Å². The van der Waals surface area contributed by atoms with E-state index in [0.29, 0.717) is 35.5 Å². The second kappa shape index (κ2) is 9.03. The third-order valence-corrected chi connectivity index (χ3v) is 5.28. The van der Waals surface area contributed by atoms with Gasteiger partial charge in [0.15, 0.2) is 0 Å². The summed E-state index contributed by atoms with van der Waals surface area (Å²) in [5.41, 5.74) is 10.9. The molecular weight excluding hydrogens is 409 g/mol. The predicted octanol–water partition coefficient (Wildman–Crippen LogP) is 4.23. The van der Waals surface area contributed by atoms with Crippen molar-refractivity contribution in [1.82, 2.24) is 0 Å². The highest BCUT2D eigenvalue weighted by molar-refractivity contribution is 6.37. The van der Waals surface area contributed by atoms with Crippen LogP contribution in [0, 0.1) is 5.82 Å². The third-order valence-electron chi connectivity index (χ3n) is 5.28. The maximum Gasteiger partial charge on any atom is 0.303 e. The number of carboxylic acid groups (broad SMARTS) is 1. The summed E-state index contributed by atoms with van der Waals surface area (Å²) in [6, 6.07) is 19.1. The Labute approximate surface area is 184 Å². The fourth-order valence-electron chi connectivity index (χ4n) is 3.67. The molecule has 1 heterocycles. The van der Waals surface area contributed by atoms with Gasteiger partial charge in [-0.25, -0.2) is 4.39 Å². The van der Waals surface area contributed by atoms with Crippen LogP contribution < -0.4 is 16.4 Å². The van der Waals surface area contributed by atoms with E-state index in [-0.39, 0.29) is 12.3 Å². The number of rotatable bonds is 7. The van der Waals surface area contributed by atoms with E-state index in [1.807, 2.05) is 48.5 Å². The van der Waals surface area contributed by atoms with Crippen molar-refractivity contribution in [2.75, 3.05) is 10.6 Å². The number of aryl methyl sites for hydroxylation is 1. The van der Waals surface area contributed by atoms with Crippen molar-refractivity contribution >= 4 is 34.5 Å². The molecule has 1 aliphatic rings. The molecule has 0 saturated heterocycles. The summed E-state index contributed by atoms with van der Waals surface area (Å²) in [6.45, 7) is 0.418. The van der Waals surface area contributed by atoms with Crippen LogP contribution in [0.4, 0.5) is 15.8 Å². The fraction of sp³-hybridized carbons (Fsp3) is 0.120. The van der Waals surface area contributed by atoms with Crippen molar-refractivity contribution < 1.29 is 19.1 Å². The van der Waals surface area contributed by atoms with Crippen molar-refractivity contribution in [2.45, 2.75) is 19.4 Å². The van der Waals surface area contributed by atoms with Gasteiger partial charge in [0.2, 0.25) is 0 Å². The summed E-state index contributed by atoms with van der Waals surface area (Å²) in [4.78, 5) is 23.9. The van der Waals surface area contributed by atoms with Crippen LogP contribution in [-0.2, 0) is 22.6 Å². The Morgan fingerprint density at radius 1 is 1.03 bits per heavy atom. The number of halogens is 1. The molecule has 7 heteroatoms. The van der Waals surface area contributed by atoms with Crippen molar-refractivity contribution in [1.29, 1.82) is 0 Å². The van der Waals surface area contributed by atoms with E-state index in [9.17, 15) is 14.0 Å². The lowest BCUT2D eigenvalue weighted by Gasteiger charge is -2.16. The number of nitrogens with two attached hydrogens (primary N) is 1. The summed E-state index contributed by atoms with van der Waals surface area (Å²) in [7, 11) is 0. The van der Waals surface area contributed by atoms with E-state index >= 15 is 0 Å². The SMILES string of the molecule is NCc1ccc(N/C(=C2\C(=O)Nc3cc(F)ccc32)c2cccc(CCC(=O)O)c2)cc1. The smallest absolute Gasteiger partial charge is 0.303 e. The van der Waals surface area contributed by atoms with Crippen molar-refractivity contribution in [2.24, 2.45) is 5.73 Å². The lowest BCUT2D eigenvalue weighted by molar-refractivity contribution is -0.137. The molecule has 0 aliphatic carbocycles. The van der Waals surface area contributed by atoms with Gasteiger partial charge in [-0.15, -0.1) is 0 Å². The van der Waals surface area contributed by atoms with Gasteiger partial charge in [0, 0.05) is 24.2 Å². The van der Waals surface area contributed by atoms with E-state index < -0.39 is 11.8 Å². The average Bonchev–Trinajstić information content (AvgIpc) is 3.11. The van der Waals surface area contributed by atoms with Gasteiger partial charge in [0.05, 0.1) is 17.0 Å². The standard InChI is InChI=1S/C25H22FN3O3/c26-18-7-10-20-21(13-18)29-25(32)23(20)24(28-19-8-4-16(14-27)5-9-19)17-3-1-2-15(12-17)6-11-22(30)31/h1-5,7-10,12-13,28H,6,11,14,27H2,(H,29,32)(H,30,31)/b24-23-. The van der Waals surface area contributed by atoms with Gasteiger partial charge in [-0.05, 0) is 59.5 Å². The van der Waals surface area contributed by atoms with E-state index in [1.165, 1.54) is 12.1 Å². The molecule has 3 aromatic carbocycles. The van der Waals surface area contributed by atoms with E-state index in [4.69, 9.17) is 10.8 Å². The largest absolute Gasteiger partial charge is 0.481 e. The molecule has 5 N–H and O–H groups in total. The number of amides is 1. The van der Waals surface area contributed by atoms with Gasteiger partial charge in [-0.2, -0.15) is 0 Å². The molecule has 1 aliphatic heterocycles. The fourth-order valence-corrected chi connectivity index (χ4v) is 3.67. The average molecular weight is 431 g/mol. The van der Waals surface area contributed by atoms with E-state index in [0.717, 1.165) is 22.4 Å². The molecule has 3 aromatic rings. The zero-order valence-electron chi connectivity index (χ0n) is 17.2. The van der Waals surface area contributed by atoms with Gasteiger partial charge < -0.3 is 21.5 Å². The molecule has 0 bridgehead atoms. The minimum atomic E-state index is -0.877. The highest BCUT2D eigenvalue weighted by Crippen LogP contribution is 2.38. The molecule has 0 radical (unpaired) electrons. The minimum absolute atomic E-state index is 0.00589. The molecule has 32 heavy (non-hydrogen) atoms. The highest BCUT2D eigenvalue weighted by atomic mass is 19.1. The number of benzene rings is 3. The maximum absolute atomic E-state index is 13.7. The van der Waals surface area contributed by atoms with Crippen LogP contribution in [-0.4, -0.2) is 17.0 Å². The zero-order chi connectivity index (χ0) is 22.7. The Morgan fingerprint density at radius 3 is 2.53 bits per heavy atom. The molecular formula is C25H22FN3O3. The summed E-state index contributed by atoms with van der Waals surface area (Å²) in [5.74, 6) is -1.66. The Bertz CT molecular complexity index is 1220. The molecule has 4 rings (SSSR count). The lowest BCUT2D eigenvalue weighted by Crippen LogP contribution is -2.10. The summed E-state index contributed by atoms with van der Waals surface area (Å²) < 4.78 is 13.7. The van der Waals surface area contributed by atoms with Crippen molar-refractivity contribution in [3.8, 4) is 0 Å². The number of carbonyl (C=O) groups is 2. The number of aliphatic carboxylic acids is 1. The molecule has 0 unspecified atom stereocenters. The molecule has 1 amide bonds. The van der Waals surface area contributed by atoms with Crippen LogP contribution in [0.2, 0.25) is 0 Å². The molecule has 0 atom stereocenters. The second-order valence-corrected chi connectivity index (χ2v) is 7.51. The number of anilines is 2. The van der Waals surface area contributed by atoms with Crippen LogP contribution in [0.25, 0.3) is 11.3 Å². The first-order chi connectivity index (χ1) is 15.4. The first-order valence-electron chi connectivity index (χ1n) is 10.2. The number of carboxylic acids is 1. The molecule has 6 nitrogen and oxygen atoms in total. The van der Waals surface area contributed by atoms with Crippen LogP contribution >= 0.6 is 0 Å². The minimum Gasteiger partial charge on any atom is -0.481 e. The molecule has 0 spiro atoms. The van der Waals surface area contributed by atoms with E-state index in [2.05, 4.69) is 10.6 Å². The zero-order valence-corrected chi connectivity index (χ0v) is 17.2. The van der Waals surface area contributed by atoms with Crippen LogP contribution in [0.5, 0.6) is 0 Å². The number of fused-ring (bicyclic) bond motifs is 1. The second-order valence-electron chi connectivity index (χ2n) is 7.51. The van der Waals surface area contributed by atoms with Crippen molar-refractivity contribution in [3.05, 3.63) is 94.8 Å². The summed E-state index contributed by atoms with van der Waals surface area (Å²) in [6.07, 6.45) is 0.372. The van der Waals surface area contributed by atoms with Gasteiger partial charge >= 0.3 is 5.97 Å². The summed E-state index contributed by atoms with van der Waals surface area (Å²) >= 11 is 0. The molecule has 0 saturated carbocycles. The van der Waals surface area contributed by atoms with Gasteiger partial charge in [-0.1, -0.05) is 30.3 Å². The van der Waals surface area contributed by atoms with Gasteiger partial charge in [0.1, 0.15) is 5.82 Å². The Hall–Kier alpha value is -3.97. The number of hydrogen-bond donors (Lipinski definition) is 4. The Balaban J connectivity index is 1.83. The molecule has 0 fully saturated rings. The quantitative estimate of drug-likeness (QED) is 0.419. The number of carbonyl (C=O) groups excluding carboxylic acids is 1. The van der Waals surface area contributed by atoms with Gasteiger partial charge in [-0.3, -0.25) is 9.59 Å². The van der Waals surface area contributed by atoms with Gasteiger partial charge in [0.25, 0.3) is 5.91 Å². The number of nitrogens with one attached hydrogen (secondary N) is 2. The Kier molecular flexibility index (Phi) is 6.00. The number of hydrogen-bond acceptors (Lipinski definition) is 4. The van der Waals surface area contributed by atoms with Crippen molar-refractivity contribution in [3.63, 3.8) is 0 Å². The van der Waals surface area contributed by atoms with E-state index in [1.54, 1.807) is 6.07 Å².